The Labute approximate surface area is 202 Å². The fraction of sp³-hybridized carbons (Fsp3) is 0.636. The lowest BCUT2D eigenvalue weighted by Crippen LogP contribution is -2.61. The van der Waals surface area contributed by atoms with Crippen molar-refractivity contribution in [3.05, 3.63) is 22.4 Å². The zero-order chi connectivity index (χ0) is 22.6. The van der Waals surface area contributed by atoms with Crippen LogP contribution in [0.5, 0.6) is 0 Å². The molecule has 1 N–H and O–H groups in total. The van der Waals surface area contributed by atoms with Crippen LogP contribution in [0.3, 0.4) is 0 Å². The van der Waals surface area contributed by atoms with E-state index in [1.54, 1.807) is 12.3 Å². The number of hydrogen-bond donors (Lipinski definition) is 1. The number of halogens is 2. The Balaban J connectivity index is 1.36. The molecular weight excluding hydrogens is 469 g/mol. The molecule has 0 amide bonds. The second kappa shape index (κ2) is 10.6. The largest absolute Gasteiger partial charge is 0.442 e. The molecule has 2 aromatic rings. The highest BCUT2D eigenvalue weighted by Crippen LogP contribution is 2.38. The van der Waals surface area contributed by atoms with Crippen molar-refractivity contribution in [2.75, 3.05) is 18.0 Å². The first-order valence-corrected chi connectivity index (χ1v) is 12.9. The second-order valence-electron chi connectivity index (χ2n) is 8.62. The quantitative estimate of drug-likeness (QED) is 0.264. The topological polar surface area (TPSA) is 80.2 Å². The van der Waals surface area contributed by atoms with E-state index in [0.29, 0.717) is 33.7 Å². The zero-order valence-electron chi connectivity index (χ0n) is 18.3. The Bertz CT molecular complexity index is 943. The number of hydrogen-bond acceptors (Lipinski definition) is 8. The van der Waals surface area contributed by atoms with Gasteiger partial charge in [0.2, 0.25) is 5.13 Å². The van der Waals surface area contributed by atoms with Crippen LogP contribution in [0.2, 0.25) is 10.2 Å². The second-order valence-corrected chi connectivity index (χ2v) is 10.4. The summed E-state index contributed by atoms with van der Waals surface area (Å²) in [7, 11) is 0. The number of carbonyl (C=O) groups excluding carboxylic acids is 1. The molecule has 174 valence electrons. The molecule has 0 aliphatic carbocycles. The molecule has 2 fully saturated rings. The summed E-state index contributed by atoms with van der Waals surface area (Å²) in [6, 6.07) is 1.86. The van der Waals surface area contributed by atoms with Gasteiger partial charge < -0.3 is 9.64 Å². The van der Waals surface area contributed by atoms with Gasteiger partial charge >= 0.3 is 5.97 Å². The number of rotatable bonds is 10. The predicted octanol–water partition coefficient (Wildman–Crippen LogP) is 5.47. The van der Waals surface area contributed by atoms with Crippen LogP contribution in [0, 0.1) is 0 Å². The SMILES string of the molecule is CCCCCCCCC(=O)OC12CCC(CN(c3nnc(-c4cnc(Cl)cc4Cl)s3)C1)N2. The number of carbonyl (C=O) groups is 1. The molecule has 2 aliphatic rings. The summed E-state index contributed by atoms with van der Waals surface area (Å²) >= 11 is 13.7. The molecule has 2 aromatic heterocycles. The first-order chi connectivity index (χ1) is 15.5. The van der Waals surface area contributed by atoms with Gasteiger partial charge in [-0.3, -0.25) is 10.1 Å². The third-order valence-corrected chi connectivity index (χ3v) is 7.57. The minimum absolute atomic E-state index is 0.118. The number of nitrogens with zero attached hydrogens (tertiary/aromatic N) is 4. The molecule has 2 aliphatic heterocycles. The standard InChI is InChI=1S/C22H29Cl2N5O2S/c1-2-3-4-5-6-7-8-19(30)31-22-10-9-15(26-22)13-29(14-22)21-28-27-20(32-21)16-12-25-18(24)11-17(16)23/h11-12,15,26H,2-10,13-14H2,1H3. The van der Waals surface area contributed by atoms with Crippen LogP contribution in [0.4, 0.5) is 5.13 Å². The number of anilines is 1. The Hall–Kier alpha value is -1.48. The number of pyridine rings is 1. The molecule has 2 bridgehead atoms. The van der Waals surface area contributed by atoms with Crippen molar-refractivity contribution in [3.63, 3.8) is 0 Å². The maximum atomic E-state index is 12.5. The summed E-state index contributed by atoms with van der Waals surface area (Å²) < 4.78 is 5.99. The van der Waals surface area contributed by atoms with Crippen LogP contribution in [-0.4, -0.2) is 46.0 Å². The summed E-state index contributed by atoms with van der Waals surface area (Å²) in [6.45, 7) is 3.57. The van der Waals surface area contributed by atoms with E-state index < -0.39 is 5.72 Å². The Morgan fingerprint density at radius 2 is 2.09 bits per heavy atom. The fourth-order valence-corrected chi connectivity index (χ4v) is 5.81. The number of unbranched alkanes of at least 4 members (excludes halogenated alkanes) is 5. The van der Waals surface area contributed by atoms with Crippen LogP contribution in [0.25, 0.3) is 10.6 Å². The molecule has 2 unspecified atom stereocenters. The number of ether oxygens (including phenoxy) is 1. The van der Waals surface area contributed by atoms with E-state index in [0.717, 1.165) is 37.4 Å². The number of nitrogens with one attached hydrogen (secondary N) is 1. The van der Waals surface area contributed by atoms with E-state index in [-0.39, 0.29) is 12.0 Å². The molecule has 2 atom stereocenters. The van der Waals surface area contributed by atoms with Gasteiger partial charge in [-0.15, -0.1) is 10.2 Å². The third kappa shape index (κ3) is 5.71. The van der Waals surface area contributed by atoms with Gasteiger partial charge in [0.25, 0.3) is 0 Å². The number of piperazine rings is 1. The molecule has 4 rings (SSSR count). The molecule has 2 saturated heterocycles. The van der Waals surface area contributed by atoms with Crippen molar-refractivity contribution in [1.29, 1.82) is 0 Å². The summed E-state index contributed by atoms with van der Waals surface area (Å²) in [6.07, 6.45) is 10.8. The smallest absolute Gasteiger partial charge is 0.307 e. The van der Waals surface area contributed by atoms with Crippen molar-refractivity contribution in [2.24, 2.45) is 0 Å². The zero-order valence-corrected chi connectivity index (χ0v) is 20.6. The van der Waals surface area contributed by atoms with Gasteiger partial charge in [-0.2, -0.15) is 0 Å². The normalized spacial score (nSPS) is 22.3. The number of aromatic nitrogens is 3. The summed E-state index contributed by atoms with van der Waals surface area (Å²) in [5.74, 6) is -0.118. The lowest BCUT2D eigenvalue weighted by Gasteiger charge is -2.40. The molecular formula is C22H29Cl2N5O2S. The maximum Gasteiger partial charge on any atom is 0.307 e. The van der Waals surface area contributed by atoms with E-state index in [1.165, 1.54) is 37.0 Å². The fourth-order valence-electron chi connectivity index (χ4n) is 4.42. The van der Waals surface area contributed by atoms with Gasteiger partial charge in [-0.1, -0.05) is 73.6 Å². The minimum Gasteiger partial charge on any atom is -0.442 e. The van der Waals surface area contributed by atoms with E-state index in [1.807, 2.05) is 0 Å². The van der Waals surface area contributed by atoms with Crippen LogP contribution in [-0.2, 0) is 9.53 Å². The van der Waals surface area contributed by atoms with E-state index in [4.69, 9.17) is 27.9 Å². The molecule has 0 aromatic carbocycles. The highest BCUT2D eigenvalue weighted by atomic mass is 35.5. The first-order valence-electron chi connectivity index (χ1n) is 11.4. The third-order valence-electron chi connectivity index (χ3n) is 6.03. The van der Waals surface area contributed by atoms with Crippen LogP contribution in [0.15, 0.2) is 12.3 Å². The van der Waals surface area contributed by atoms with Crippen LogP contribution in [0.1, 0.15) is 64.7 Å². The summed E-state index contributed by atoms with van der Waals surface area (Å²) in [5.41, 5.74) is 0.0612. The average Bonchev–Trinajstić information content (AvgIpc) is 3.35. The van der Waals surface area contributed by atoms with Gasteiger partial charge in [-0.25, -0.2) is 4.98 Å². The first kappa shape index (κ1) is 23.7. The lowest BCUT2D eigenvalue weighted by molar-refractivity contribution is -0.162. The lowest BCUT2D eigenvalue weighted by atomic mass is 10.1. The predicted molar refractivity (Wildman–Crippen MR) is 128 cm³/mol. The Morgan fingerprint density at radius 1 is 1.28 bits per heavy atom. The van der Waals surface area contributed by atoms with E-state index in [9.17, 15) is 4.79 Å². The highest BCUT2D eigenvalue weighted by molar-refractivity contribution is 7.18. The van der Waals surface area contributed by atoms with Crippen LogP contribution < -0.4 is 10.2 Å². The van der Waals surface area contributed by atoms with E-state index >= 15 is 0 Å². The Morgan fingerprint density at radius 3 is 2.91 bits per heavy atom. The summed E-state index contributed by atoms with van der Waals surface area (Å²) in [4.78, 5) is 18.8. The number of fused-ring (bicyclic) bond motifs is 2. The molecule has 7 nitrogen and oxygen atoms in total. The monoisotopic (exact) mass is 497 g/mol. The van der Waals surface area contributed by atoms with Crippen molar-refractivity contribution in [3.8, 4) is 10.6 Å². The van der Waals surface area contributed by atoms with Crippen molar-refractivity contribution in [2.45, 2.75) is 76.5 Å². The molecule has 0 radical (unpaired) electrons. The van der Waals surface area contributed by atoms with Crippen molar-refractivity contribution in [1.82, 2.24) is 20.5 Å². The molecule has 10 heteroatoms. The molecule has 32 heavy (non-hydrogen) atoms. The summed E-state index contributed by atoms with van der Waals surface area (Å²) in [5, 5.41) is 14.5. The van der Waals surface area contributed by atoms with Gasteiger partial charge in [-0.05, 0) is 18.9 Å². The highest BCUT2D eigenvalue weighted by Gasteiger charge is 2.48. The number of esters is 1. The van der Waals surface area contributed by atoms with E-state index in [2.05, 4.69) is 32.3 Å². The average molecular weight is 498 g/mol. The van der Waals surface area contributed by atoms with Gasteiger partial charge in [0, 0.05) is 37.2 Å². The van der Waals surface area contributed by atoms with Gasteiger partial charge in [0.05, 0.1) is 11.6 Å². The Kier molecular flexibility index (Phi) is 7.87. The van der Waals surface area contributed by atoms with Crippen LogP contribution >= 0.6 is 34.5 Å². The van der Waals surface area contributed by atoms with Crippen molar-refractivity contribution >= 4 is 45.6 Å². The van der Waals surface area contributed by atoms with Crippen molar-refractivity contribution < 1.29 is 9.53 Å². The maximum absolute atomic E-state index is 12.5. The molecule has 4 heterocycles. The van der Waals surface area contributed by atoms with Gasteiger partial charge in [0.15, 0.2) is 10.7 Å². The van der Waals surface area contributed by atoms with Gasteiger partial charge in [0.1, 0.15) is 5.15 Å². The molecule has 0 saturated carbocycles. The molecule has 0 spiro atoms. The minimum atomic E-state index is -0.645.